The number of ether oxygens (including phenoxy) is 1. The first-order valence-corrected chi connectivity index (χ1v) is 10.8. The number of para-hydroxylation sites is 1. The van der Waals surface area contributed by atoms with Crippen molar-refractivity contribution < 1.29 is 14.3 Å². The number of carbonyl (C=O) groups excluding carboxylic acids is 2. The highest BCUT2D eigenvalue weighted by Crippen LogP contribution is 2.47. The second kappa shape index (κ2) is 11.2. The van der Waals surface area contributed by atoms with E-state index in [2.05, 4.69) is 29.4 Å². The molecule has 2 aromatic carbocycles. The predicted octanol–water partition coefficient (Wildman–Crippen LogP) is 5.80. The van der Waals surface area contributed by atoms with Crippen LogP contribution in [-0.4, -0.2) is 43.0 Å². The fraction of sp³-hybridized carbons (Fsp3) is 0.364. The van der Waals surface area contributed by atoms with Crippen molar-refractivity contribution in [2.24, 2.45) is 0 Å². The van der Waals surface area contributed by atoms with E-state index in [9.17, 15) is 9.59 Å². The lowest BCUT2D eigenvalue weighted by molar-refractivity contribution is 0.0968. The van der Waals surface area contributed by atoms with E-state index in [1.54, 1.807) is 24.8 Å². The van der Waals surface area contributed by atoms with Gasteiger partial charge in [0.1, 0.15) is 0 Å². The molecule has 0 saturated carbocycles. The molecule has 8 heteroatoms. The third-order valence-corrected chi connectivity index (χ3v) is 6.01. The number of benzene rings is 2. The number of Topliss-reactive ketones (excluding diaryl/α,β-unsaturated/α-hetero) is 1. The normalized spacial score (nSPS) is 11.6. The van der Waals surface area contributed by atoms with Gasteiger partial charge >= 0.3 is 6.09 Å². The molecule has 0 spiro atoms. The van der Waals surface area contributed by atoms with Crippen molar-refractivity contribution in [2.45, 2.75) is 37.0 Å². The van der Waals surface area contributed by atoms with Crippen LogP contribution in [-0.2, 0) is 4.74 Å². The lowest BCUT2D eigenvalue weighted by Gasteiger charge is -2.25. The number of anilines is 3. The van der Waals surface area contributed by atoms with Gasteiger partial charge in [-0.05, 0) is 44.3 Å². The van der Waals surface area contributed by atoms with Gasteiger partial charge in [0, 0.05) is 22.8 Å². The molecule has 6 nitrogen and oxygen atoms in total. The maximum Gasteiger partial charge on any atom is 0.411 e. The zero-order valence-electron chi connectivity index (χ0n) is 17.5. The number of halogens is 1. The molecule has 0 radical (unpaired) electrons. The Hall–Kier alpha value is -2.22. The van der Waals surface area contributed by atoms with Gasteiger partial charge in [0.25, 0.3) is 0 Å². The first-order valence-electron chi connectivity index (χ1n) is 9.97. The Bertz CT molecular complexity index is 903. The first kappa shape index (κ1) is 24.1. The van der Waals surface area contributed by atoms with Crippen LogP contribution in [0.4, 0.5) is 21.9 Å². The Balaban J connectivity index is 0.00000320. The van der Waals surface area contributed by atoms with Gasteiger partial charge in [0.2, 0.25) is 0 Å². The fourth-order valence-corrected chi connectivity index (χ4v) is 4.30. The third kappa shape index (κ3) is 5.47. The monoisotopic (exact) mass is 449 g/mol. The van der Waals surface area contributed by atoms with E-state index in [-0.39, 0.29) is 24.8 Å². The van der Waals surface area contributed by atoms with E-state index in [0.717, 1.165) is 34.3 Å². The molecule has 0 aromatic heterocycles. The molecule has 0 saturated heterocycles. The summed E-state index contributed by atoms with van der Waals surface area (Å²) in [5.74, 6) is -0.00645. The Kier molecular flexibility index (Phi) is 9.02. The SMILES string of the molecule is CCOC(=O)Nc1ccc2c(c1C(=O)CCN(CC)CC)Nc1ccccc1S2.Cl. The largest absolute Gasteiger partial charge is 0.450 e. The van der Waals surface area contributed by atoms with Crippen molar-refractivity contribution in [2.75, 3.05) is 36.9 Å². The molecule has 162 valence electrons. The summed E-state index contributed by atoms with van der Waals surface area (Å²) in [5.41, 5.74) is 2.67. The molecule has 1 amide bonds. The van der Waals surface area contributed by atoms with Crippen molar-refractivity contribution in [3.63, 3.8) is 0 Å². The summed E-state index contributed by atoms with van der Waals surface area (Å²) >= 11 is 1.62. The summed E-state index contributed by atoms with van der Waals surface area (Å²) in [7, 11) is 0. The van der Waals surface area contributed by atoms with Crippen LogP contribution in [0.5, 0.6) is 0 Å². The van der Waals surface area contributed by atoms with Gasteiger partial charge in [-0.15, -0.1) is 12.4 Å². The number of amides is 1. The average molecular weight is 450 g/mol. The molecular weight excluding hydrogens is 422 g/mol. The molecule has 2 N–H and O–H groups in total. The molecule has 2 aromatic rings. The number of hydrogen-bond donors (Lipinski definition) is 2. The van der Waals surface area contributed by atoms with Crippen molar-refractivity contribution >= 4 is 53.1 Å². The van der Waals surface area contributed by atoms with Crippen LogP contribution < -0.4 is 10.6 Å². The third-order valence-electron chi connectivity index (χ3n) is 4.87. The van der Waals surface area contributed by atoms with Crippen LogP contribution in [0.2, 0.25) is 0 Å². The molecule has 0 bridgehead atoms. The topological polar surface area (TPSA) is 70.7 Å². The standard InChI is InChI=1S/C22H27N3O3S.ClH/c1-4-25(5-2)14-13-17(26)20-16(24-22(27)28-6-3)11-12-19-21(20)23-15-9-7-8-10-18(15)29-19;/h7-12,23H,4-6,13-14H2,1-3H3,(H,24,27);1H. The molecule has 3 rings (SSSR count). The molecule has 0 aliphatic carbocycles. The van der Waals surface area contributed by atoms with Gasteiger partial charge in [0.05, 0.1) is 29.2 Å². The van der Waals surface area contributed by atoms with Crippen molar-refractivity contribution in [3.05, 3.63) is 42.0 Å². The minimum absolute atomic E-state index is 0. The van der Waals surface area contributed by atoms with Crippen molar-refractivity contribution in [1.29, 1.82) is 0 Å². The lowest BCUT2D eigenvalue weighted by atomic mass is 10.0. The smallest absolute Gasteiger partial charge is 0.411 e. The molecule has 30 heavy (non-hydrogen) atoms. The van der Waals surface area contributed by atoms with E-state index in [0.29, 0.717) is 24.2 Å². The summed E-state index contributed by atoms with van der Waals surface area (Å²) < 4.78 is 5.02. The molecule has 1 heterocycles. The number of fused-ring (bicyclic) bond motifs is 2. The summed E-state index contributed by atoms with van der Waals surface area (Å²) in [6, 6.07) is 11.7. The van der Waals surface area contributed by atoms with Crippen LogP contribution in [0.3, 0.4) is 0 Å². The van der Waals surface area contributed by atoms with Crippen LogP contribution in [0.25, 0.3) is 0 Å². The lowest BCUT2D eigenvalue weighted by Crippen LogP contribution is -2.26. The number of hydrogen-bond acceptors (Lipinski definition) is 6. The van der Waals surface area contributed by atoms with Crippen LogP contribution in [0, 0.1) is 0 Å². The molecule has 0 fully saturated rings. The average Bonchev–Trinajstić information content (AvgIpc) is 2.73. The van der Waals surface area contributed by atoms with Gasteiger partial charge in [-0.3, -0.25) is 10.1 Å². The summed E-state index contributed by atoms with van der Waals surface area (Å²) in [6.45, 7) is 8.65. The molecule has 1 aliphatic rings. The Morgan fingerprint density at radius 2 is 1.80 bits per heavy atom. The minimum Gasteiger partial charge on any atom is -0.450 e. The van der Waals surface area contributed by atoms with Gasteiger partial charge in [-0.25, -0.2) is 4.79 Å². The predicted molar refractivity (Wildman–Crippen MR) is 125 cm³/mol. The summed E-state index contributed by atoms with van der Waals surface area (Å²) in [6.07, 6.45) is -0.182. The molecule has 0 unspecified atom stereocenters. The number of nitrogens with one attached hydrogen (secondary N) is 2. The van der Waals surface area contributed by atoms with Crippen LogP contribution in [0.15, 0.2) is 46.2 Å². The Morgan fingerprint density at radius 1 is 1.07 bits per heavy atom. The van der Waals surface area contributed by atoms with Gasteiger partial charge < -0.3 is 15.0 Å². The number of nitrogens with zero attached hydrogens (tertiary/aromatic N) is 1. The maximum atomic E-state index is 13.3. The van der Waals surface area contributed by atoms with Gasteiger partial charge in [0.15, 0.2) is 5.78 Å². The highest BCUT2D eigenvalue weighted by Gasteiger charge is 2.25. The van der Waals surface area contributed by atoms with Gasteiger partial charge in [-0.2, -0.15) is 0 Å². The van der Waals surface area contributed by atoms with E-state index in [4.69, 9.17) is 4.74 Å². The fourth-order valence-electron chi connectivity index (χ4n) is 3.30. The number of carbonyl (C=O) groups is 2. The Morgan fingerprint density at radius 3 is 2.50 bits per heavy atom. The van der Waals surface area contributed by atoms with E-state index in [1.165, 1.54) is 0 Å². The molecule has 0 atom stereocenters. The summed E-state index contributed by atoms with van der Waals surface area (Å²) in [4.78, 5) is 29.6. The highest BCUT2D eigenvalue weighted by molar-refractivity contribution is 7.99. The zero-order valence-corrected chi connectivity index (χ0v) is 19.1. The van der Waals surface area contributed by atoms with Gasteiger partial charge in [-0.1, -0.05) is 37.7 Å². The minimum atomic E-state index is -0.561. The van der Waals surface area contributed by atoms with E-state index >= 15 is 0 Å². The Labute approximate surface area is 188 Å². The van der Waals surface area contributed by atoms with E-state index in [1.807, 2.05) is 30.3 Å². The van der Waals surface area contributed by atoms with E-state index < -0.39 is 6.09 Å². The second-order valence-corrected chi connectivity index (χ2v) is 7.71. The summed E-state index contributed by atoms with van der Waals surface area (Å²) in [5, 5.41) is 6.14. The van der Waals surface area contributed by atoms with Crippen LogP contribution in [0.1, 0.15) is 37.6 Å². The number of ketones is 1. The maximum absolute atomic E-state index is 13.3. The first-order chi connectivity index (χ1) is 14.1. The quantitative estimate of drug-likeness (QED) is 0.423. The zero-order chi connectivity index (χ0) is 20.8. The number of rotatable bonds is 8. The molecular formula is C22H28ClN3O3S. The second-order valence-electron chi connectivity index (χ2n) is 6.63. The van der Waals surface area contributed by atoms with Crippen molar-refractivity contribution in [3.8, 4) is 0 Å². The molecule has 1 aliphatic heterocycles. The van der Waals surface area contributed by atoms with Crippen LogP contribution >= 0.6 is 24.2 Å². The highest BCUT2D eigenvalue weighted by atomic mass is 35.5. The van der Waals surface area contributed by atoms with Crippen molar-refractivity contribution in [1.82, 2.24) is 4.90 Å².